The summed E-state index contributed by atoms with van der Waals surface area (Å²) >= 11 is 0. The predicted molar refractivity (Wildman–Crippen MR) is 102 cm³/mol. The highest BCUT2D eigenvalue weighted by Crippen LogP contribution is 2.32. The number of aromatic nitrogens is 4. The van der Waals surface area contributed by atoms with Crippen LogP contribution in [-0.2, 0) is 0 Å². The van der Waals surface area contributed by atoms with Gasteiger partial charge in [-0.2, -0.15) is 5.10 Å². The van der Waals surface area contributed by atoms with E-state index in [2.05, 4.69) is 20.2 Å². The smallest absolute Gasteiger partial charge is 0.167 e. The van der Waals surface area contributed by atoms with E-state index >= 15 is 0 Å². The van der Waals surface area contributed by atoms with E-state index in [1.54, 1.807) is 12.1 Å². The first-order valence-corrected chi connectivity index (χ1v) is 9.14. The maximum atomic E-state index is 14.2. The molecule has 0 aliphatic carbocycles. The molecule has 0 saturated carbocycles. The Morgan fingerprint density at radius 3 is 2.71 bits per heavy atom. The minimum atomic E-state index is -0.844. The van der Waals surface area contributed by atoms with Crippen molar-refractivity contribution in [3.05, 3.63) is 30.3 Å². The molecule has 2 aromatic heterocycles. The van der Waals surface area contributed by atoms with E-state index in [1.165, 1.54) is 12.4 Å². The van der Waals surface area contributed by atoms with Gasteiger partial charge in [-0.3, -0.25) is 5.10 Å². The number of hydrogen-bond donors (Lipinski definition) is 3. The average Bonchev–Trinajstić information content (AvgIpc) is 3.17. The van der Waals surface area contributed by atoms with Crippen LogP contribution in [0.5, 0.6) is 5.75 Å². The van der Waals surface area contributed by atoms with Crippen molar-refractivity contribution < 1.29 is 19.3 Å². The summed E-state index contributed by atoms with van der Waals surface area (Å²) < 4.78 is 19.8. The number of β-amino-alcohol motifs (C(OH)–C–C–N with tert-alkyl or cyclic N) is 1. The van der Waals surface area contributed by atoms with Gasteiger partial charge in [0.1, 0.15) is 23.9 Å². The van der Waals surface area contributed by atoms with Gasteiger partial charge in [0.25, 0.3) is 0 Å². The second kappa shape index (κ2) is 6.99. The number of fused-ring (bicyclic) bond motifs is 1. The molecule has 1 fully saturated rings. The number of nitrogens with zero attached hydrogens (tertiary/aromatic N) is 4. The van der Waals surface area contributed by atoms with Crippen LogP contribution in [0.15, 0.2) is 24.5 Å². The molecule has 0 radical (unpaired) electrons. The quantitative estimate of drug-likeness (QED) is 0.627. The number of benzene rings is 1. The SMILES string of the molecule is CC(C)Oc1cc2c(-c3cc(N4C[C@H](O)[C@@H](O)C4C)ncn3)n[nH]c2cc1F. The number of rotatable bonds is 4. The normalized spacial score (nSPS) is 22.4. The molecule has 0 amide bonds. The second-order valence-electron chi connectivity index (χ2n) is 7.28. The van der Waals surface area contributed by atoms with E-state index < -0.39 is 18.0 Å². The molecule has 28 heavy (non-hydrogen) atoms. The monoisotopic (exact) mass is 387 g/mol. The summed E-state index contributed by atoms with van der Waals surface area (Å²) in [5, 5.41) is 27.7. The summed E-state index contributed by atoms with van der Waals surface area (Å²) in [6.07, 6.45) is -0.437. The molecule has 3 atom stereocenters. The summed E-state index contributed by atoms with van der Waals surface area (Å²) in [6.45, 7) is 5.76. The molecule has 3 aromatic rings. The summed E-state index contributed by atoms with van der Waals surface area (Å²) in [7, 11) is 0. The summed E-state index contributed by atoms with van der Waals surface area (Å²) in [5.41, 5.74) is 1.62. The molecule has 0 spiro atoms. The molecule has 1 aliphatic heterocycles. The lowest BCUT2D eigenvalue weighted by atomic mass is 10.1. The van der Waals surface area contributed by atoms with Gasteiger partial charge in [0.2, 0.25) is 0 Å². The van der Waals surface area contributed by atoms with Crippen molar-refractivity contribution in [2.75, 3.05) is 11.4 Å². The van der Waals surface area contributed by atoms with Gasteiger partial charge in [-0.25, -0.2) is 14.4 Å². The van der Waals surface area contributed by atoms with E-state index in [0.717, 1.165) is 0 Å². The zero-order valence-electron chi connectivity index (χ0n) is 15.8. The lowest BCUT2D eigenvalue weighted by Gasteiger charge is -2.23. The van der Waals surface area contributed by atoms with Crippen molar-refractivity contribution in [1.29, 1.82) is 0 Å². The highest BCUT2D eigenvalue weighted by Gasteiger charge is 2.37. The van der Waals surface area contributed by atoms with Crippen molar-refractivity contribution >= 4 is 16.7 Å². The Labute approximate surface area is 161 Å². The summed E-state index contributed by atoms with van der Waals surface area (Å²) in [5.74, 6) is 0.262. The first-order valence-electron chi connectivity index (χ1n) is 9.14. The number of aliphatic hydroxyl groups is 2. The van der Waals surface area contributed by atoms with E-state index in [4.69, 9.17) is 4.74 Å². The van der Waals surface area contributed by atoms with Crippen LogP contribution >= 0.6 is 0 Å². The molecule has 8 nitrogen and oxygen atoms in total. The number of nitrogens with one attached hydrogen (secondary N) is 1. The van der Waals surface area contributed by atoms with Gasteiger partial charge in [-0.15, -0.1) is 0 Å². The number of anilines is 1. The molecular weight excluding hydrogens is 365 g/mol. The molecule has 3 heterocycles. The highest BCUT2D eigenvalue weighted by atomic mass is 19.1. The highest BCUT2D eigenvalue weighted by molar-refractivity contribution is 5.93. The number of ether oxygens (including phenoxy) is 1. The van der Waals surface area contributed by atoms with Crippen LogP contribution in [0.1, 0.15) is 20.8 Å². The molecule has 4 rings (SSSR count). The third-order valence-corrected chi connectivity index (χ3v) is 4.93. The zero-order chi connectivity index (χ0) is 20.0. The zero-order valence-corrected chi connectivity index (χ0v) is 15.8. The van der Waals surface area contributed by atoms with Gasteiger partial charge in [0.05, 0.1) is 29.5 Å². The molecule has 1 aliphatic rings. The average molecular weight is 387 g/mol. The lowest BCUT2D eigenvalue weighted by molar-refractivity contribution is 0.0438. The number of aliphatic hydroxyl groups excluding tert-OH is 2. The predicted octanol–water partition coefficient (Wildman–Crippen LogP) is 1.88. The number of H-pyrrole nitrogens is 1. The standard InChI is InChI=1S/C19H22FN5O3/c1-9(2)28-16-4-11-13(5-12(16)20)23-24-18(11)14-6-17(22-8-21-14)25-7-15(26)19(27)10(25)3/h4-6,8-10,15,19,26-27H,7H2,1-3H3,(H,23,24)/t10?,15-,19-/m0/s1. The third kappa shape index (κ3) is 3.16. The van der Waals surface area contributed by atoms with Gasteiger partial charge in [0.15, 0.2) is 11.6 Å². The molecule has 3 N–H and O–H groups in total. The van der Waals surface area contributed by atoms with Crippen LogP contribution in [0, 0.1) is 5.82 Å². The van der Waals surface area contributed by atoms with Gasteiger partial charge >= 0.3 is 0 Å². The van der Waals surface area contributed by atoms with Crippen molar-refractivity contribution in [2.24, 2.45) is 0 Å². The van der Waals surface area contributed by atoms with Gasteiger partial charge in [-0.1, -0.05) is 0 Å². The fourth-order valence-electron chi connectivity index (χ4n) is 3.48. The maximum absolute atomic E-state index is 14.2. The number of aromatic amines is 1. The third-order valence-electron chi connectivity index (χ3n) is 4.93. The van der Waals surface area contributed by atoms with E-state index in [1.807, 2.05) is 25.7 Å². The summed E-state index contributed by atoms with van der Waals surface area (Å²) in [4.78, 5) is 10.4. The molecule has 9 heteroatoms. The molecule has 1 aromatic carbocycles. The Kier molecular flexibility index (Phi) is 4.64. The van der Waals surface area contributed by atoms with Crippen molar-refractivity contribution in [3.8, 4) is 17.1 Å². The van der Waals surface area contributed by atoms with Gasteiger partial charge < -0.3 is 19.8 Å². The summed E-state index contributed by atoms with van der Waals surface area (Å²) in [6, 6.07) is 4.41. The van der Waals surface area contributed by atoms with E-state index in [0.29, 0.717) is 28.1 Å². The molecule has 148 valence electrons. The van der Waals surface area contributed by atoms with Crippen LogP contribution in [0.4, 0.5) is 10.2 Å². The first-order chi connectivity index (χ1) is 13.3. The minimum absolute atomic E-state index is 0.152. The van der Waals surface area contributed by atoms with Crippen LogP contribution < -0.4 is 9.64 Å². The Morgan fingerprint density at radius 2 is 2.04 bits per heavy atom. The second-order valence-corrected chi connectivity index (χ2v) is 7.28. The Bertz CT molecular complexity index is 1010. The first kappa shape index (κ1) is 18.6. The largest absolute Gasteiger partial charge is 0.488 e. The Hall–Kier alpha value is -2.78. The maximum Gasteiger partial charge on any atom is 0.167 e. The molecule has 1 saturated heterocycles. The van der Waals surface area contributed by atoms with E-state index in [-0.39, 0.29) is 24.4 Å². The van der Waals surface area contributed by atoms with Crippen LogP contribution in [0.2, 0.25) is 0 Å². The molecular formula is C19H22FN5O3. The van der Waals surface area contributed by atoms with Crippen molar-refractivity contribution in [2.45, 2.75) is 45.1 Å². The molecule has 1 unspecified atom stereocenters. The van der Waals surface area contributed by atoms with Crippen molar-refractivity contribution in [1.82, 2.24) is 20.2 Å². The van der Waals surface area contributed by atoms with Crippen LogP contribution in [-0.4, -0.2) is 61.3 Å². The number of hydrogen-bond acceptors (Lipinski definition) is 7. The van der Waals surface area contributed by atoms with Crippen LogP contribution in [0.25, 0.3) is 22.3 Å². The Morgan fingerprint density at radius 1 is 1.25 bits per heavy atom. The fourth-order valence-corrected chi connectivity index (χ4v) is 3.48. The van der Waals surface area contributed by atoms with Crippen molar-refractivity contribution in [3.63, 3.8) is 0 Å². The fraction of sp³-hybridized carbons (Fsp3) is 0.421. The molecule has 0 bridgehead atoms. The number of halogens is 1. The topological polar surface area (TPSA) is 107 Å². The minimum Gasteiger partial charge on any atom is -0.488 e. The Balaban J connectivity index is 1.74. The van der Waals surface area contributed by atoms with Gasteiger partial charge in [0, 0.05) is 24.1 Å². The lowest BCUT2D eigenvalue weighted by Crippen LogP contribution is -2.33. The van der Waals surface area contributed by atoms with Crippen LogP contribution in [0.3, 0.4) is 0 Å². The van der Waals surface area contributed by atoms with E-state index in [9.17, 15) is 14.6 Å². The van der Waals surface area contributed by atoms with Gasteiger partial charge in [-0.05, 0) is 26.8 Å².